The number of halogens is 1. The molecule has 3 rings (SSSR count). The number of ether oxygens (including phenoxy) is 1. The molecule has 28 heavy (non-hydrogen) atoms. The van der Waals surface area contributed by atoms with Crippen molar-refractivity contribution in [2.24, 2.45) is 4.99 Å². The van der Waals surface area contributed by atoms with Gasteiger partial charge in [0.25, 0.3) is 0 Å². The Morgan fingerprint density at radius 3 is 2.89 bits per heavy atom. The van der Waals surface area contributed by atoms with Crippen molar-refractivity contribution in [2.75, 3.05) is 37.7 Å². The summed E-state index contributed by atoms with van der Waals surface area (Å²) in [6, 6.07) is 8.23. The van der Waals surface area contributed by atoms with Crippen molar-refractivity contribution in [2.45, 2.75) is 33.0 Å². The predicted octanol–water partition coefficient (Wildman–Crippen LogP) is 2.48. The average molecular weight is 498 g/mol. The van der Waals surface area contributed by atoms with Crippen molar-refractivity contribution in [1.29, 1.82) is 0 Å². The third kappa shape index (κ3) is 6.97. The lowest BCUT2D eigenvalue weighted by Gasteiger charge is -2.32. The zero-order valence-electron chi connectivity index (χ0n) is 16.7. The van der Waals surface area contributed by atoms with Crippen LogP contribution in [0.5, 0.6) is 0 Å². The highest BCUT2D eigenvalue weighted by Gasteiger charge is 2.17. The molecule has 0 radical (unpaired) electrons. The van der Waals surface area contributed by atoms with E-state index in [1.54, 1.807) is 0 Å². The number of rotatable bonds is 7. The molecule has 1 aliphatic rings. The molecule has 0 spiro atoms. The second-order valence-corrected chi connectivity index (χ2v) is 6.69. The molecule has 154 valence electrons. The summed E-state index contributed by atoms with van der Waals surface area (Å²) in [7, 11) is 0. The number of nitrogens with zero attached hydrogens (tertiary/aromatic N) is 4. The van der Waals surface area contributed by atoms with Crippen molar-refractivity contribution in [3.05, 3.63) is 48.4 Å². The Morgan fingerprint density at radius 1 is 1.32 bits per heavy atom. The van der Waals surface area contributed by atoms with Gasteiger partial charge in [-0.1, -0.05) is 0 Å². The molecule has 1 atom stereocenters. The first-order chi connectivity index (χ1) is 13.2. The van der Waals surface area contributed by atoms with Crippen LogP contribution in [0, 0.1) is 0 Å². The van der Waals surface area contributed by atoms with Crippen molar-refractivity contribution in [1.82, 2.24) is 20.2 Å². The molecule has 0 aliphatic carbocycles. The monoisotopic (exact) mass is 498 g/mol. The first kappa shape index (κ1) is 22.5. The van der Waals surface area contributed by atoms with Gasteiger partial charge in [-0.3, -0.25) is 0 Å². The SMILES string of the molecule is CCNC(=NCc1ccnc(N2CCOC(C)C2)c1)NCCn1cccc1.I. The Balaban J connectivity index is 0.00000280. The van der Waals surface area contributed by atoms with Gasteiger partial charge >= 0.3 is 0 Å². The summed E-state index contributed by atoms with van der Waals surface area (Å²) in [5.41, 5.74) is 1.15. The summed E-state index contributed by atoms with van der Waals surface area (Å²) in [5, 5.41) is 6.69. The topological polar surface area (TPSA) is 66.7 Å². The third-order valence-corrected chi connectivity index (χ3v) is 4.47. The summed E-state index contributed by atoms with van der Waals surface area (Å²) in [6.07, 6.45) is 6.24. The molecule has 3 heterocycles. The maximum absolute atomic E-state index is 5.62. The van der Waals surface area contributed by atoms with Gasteiger partial charge in [0.2, 0.25) is 0 Å². The van der Waals surface area contributed by atoms with Gasteiger partial charge in [0.05, 0.1) is 19.3 Å². The Bertz CT molecular complexity index is 721. The Hall–Kier alpha value is -1.81. The number of guanidine groups is 1. The molecular weight excluding hydrogens is 467 g/mol. The molecule has 1 aliphatic heterocycles. The van der Waals surface area contributed by atoms with E-state index in [0.29, 0.717) is 6.54 Å². The van der Waals surface area contributed by atoms with Crippen LogP contribution < -0.4 is 15.5 Å². The van der Waals surface area contributed by atoms with Gasteiger partial charge in [-0.05, 0) is 43.7 Å². The quantitative estimate of drug-likeness (QED) is 0.349. The normalized spacial score (nSPS) is 17.1. The largest absolute Gasteiger partial charge is 0.375 e. The van der Waals surface area contributed by atoms with Gasteiger partial charge in [0.15, 0.2) is 5.96 Å². The van der Waals surface area contributed by atoms with E-state index in [2.05, 4.69) is 57.4 Å². The highest BCUT2D eigenvalue weighted by atomic mass is 127. The van der Waals surface area contributed by atoms with Crippen LogP contribution in [0.4, 0.5) is 5.82 Å². The van der Waals surface area contributed by atoms with Gasteiger partial charge in [-0.2, -0.15) is 0 Å². The number of anilines is 1. The molecule has 2 aromatic rings. The molecule has 1 unspecified atom stereocenters. The fourth-order valence-corrected chi connectivity index (χ4v) is 3.09. The third-order valence-electron chi connectivity index (χ3n) is 4.47. The lowest BCUT2D eigenvalue weighted by molar-refractivity contribution is 0.0529. The zero-order chi connectivity index (χ0) is 18.9. The fraction of sp³-hybridized carbons (Fsp3) is 0.500. The molecule has 2 N–H and O–H groups in total. The van der Waals surface area contributed by atoms with Crippen LogP contribution in [0.15, 0.2) is 47.8 Å². The van der Waals surface area contributed by atoms with Crippen LogP contribution in [-0.4, -0.2) is 54.4 Å². The highest BCUT2D eigenvalue weighted by molar-refractivity contribution is 14.0. The minimum atomic E-state index is 0. The summed E-state index contributed by atoms with van der Waals surface area (Å²) in [5.74, 6) is 1.84. The van der Waals surface area contributed by atoms with Crippen LogP contribution in [-0.2, 0) is 17.8 Å². The van der Waals surface area contributed by atoms with Gasteiger partial charge in [0.1, 0.15) is 5.82 Å². The first-order valence-corrected chi connectivity index (χ1v) is 9.69. The van der Waals surface area contributed by atoms with E-state index in [0.717, 1.165) is 56.7 Å². The second-order valence-electron chi connectivity index (χ2n) is 6.69. The summed E-state index contributed by atoms with van der Waals surface area (Å²) < 4.78 is 7.77. The summed E-state index contributed by atoms with van der Waals surface area (Å²) in [6.45, 7) is 9.88. The summed E-state index contributed by atoms with van der Waals surface area (Å²) >= 11 is 0. The Morgan fingerprint density at radius 2 is 2.14 bits per heavy atom. The van der Waals surface area contributed by atoms with E-state index in [-0.39, 0.29) is 30.1 Å². The van der Waals surface area contributed by atoms with E-state index in [1.807, 2.05) is 24.4 Å². The molecule has 7 nitrogen and oxygen atoms in total. The van der Waals surface area contributed by atoms with Gasteiger partial charge in [0, 0.05) is 51.3 Å². The van der Waals surface area contributed by atoms with Crippen LogP contribution in [0.3, 0.4) is 0 Å². The van der Waals surface area contributed by atoms with Crippen molar-refractivity contribution < 1.29 is 4.74 Å². The van der Waals surface area contributed by atoms with E-state index >= 15 is 0 Å². The number of hydrogen-bond donors (Lipinski definition) is 2. The molecule has 0 aromatic carbocycles. The number of pyridine rings is 1. The average Bonchev–Trinajstić information content (AvgIpc) is 3.20. The minimum absolute atomic E-state index is 0. The number of aliphatic imine (C=N–C) groups is 1. The van der Waals surface area contributed by atoms with Crippen LogP contribution >= 0.6 is 24.0 Å². The lowest BCUT2D eigenvalue weighted by Crippen LogP contribution is -2.41. The Labute approximate surface area is 184 Å². The van der Waals surface area contributed by atoms with Crippen LogP contribution in [0.1, 0.15) is 19.4 Å². The van der Waals surface area contributed by atoms with E-state index in [4.69, 9.17) is 9.73 Å². The van der Waals surface area contributed by atoms with E-state index in [9.17, 15) is 0 Å². The fourth-order valence-electron chi connectivity index (χ4n) is 3.09. The van der Waals surface area contributed by atoms with Crippen molar-refractivity contribution in [3.8, 4) is 0 Å². The number of morpholine rings is 1. The molecule has 1 saturated heterocycles. The second kappa shape index (κ2) is 11.9. The molecule has 0 saturated carbocycles. The predicted molar refractivity (Wildman–Crippen MR) is 125 cm³/mol. The number of nitrogens with one attached hydrogen (secondary N) is 2. The van der Waals surface area contributed by atoms with Gasteiger partial charge in [-0.25, -0.2) is 9.98 Å². The van der Waals surface area contributed by atoms with Crippen LogP contribution in [0.25, 0.3) is 0 Å². The van der Waals surface area contributed by atoms with Crippen molar-refractivity contribution >= 4 is 35.8 Å². The highest BCUT2D eigenvalue weighted by Crippen LogP contribution is 2.16. The van der Waals surface area contributed by atoms with Crippen LogP contribution in [0.2, 0.25) is 0 Å². The number of aromatic nitrogens is 2. The van der Waals surface area contributed by atoms with E-state index in [1.165, 1.54) is 0 Å². The molecule has 2 aromatic heterocycles. The summed E-state index contributed by atoms with van der Waals surface area (Å²) in [4.78, 5) is 11.5. The molecule has 1 fully saturated rings. The first-order valence-electron chi connectivity index (χ1n) is 9.69. The van der Waals surface area contributed by atoms with Crippen molar-refractivity contribution in [3.63, 3.8) is 0 Å². The molecular formula is C20H31IN6O. The maximum Gasteiger partial charge on any atom is 0.191 e. The van der Waals surface area contributed by atoms with Gasteiger partial charge < -0.3 is 24.8 Å². The molecule has 8 heteroatoms. The standard InChI is InChI=1S/C20H30N6O.HI/c1-3-21-20(23-8-11-25-9-4-5-10-25)24-15-18-6-7-22-19(14-18)26-12-13-27-17(2)16-26;/h4-7,9-10,14,17H,3,8,11-13,15-16H2,1-2H3,(H2,21,23,24);1H. The lowest BCUT2D eigenvalue weighted by atomic mass is 10.2. The minimum Gasteiger partial charge on any atom is -0.375 e. The molecule has 0 bridgehead atoms. The zero-order valence-corrected chi connectivity index (χ0v) is 19.0. The van der Waals surface area contributed by atoms with E-state index < -0.39 is 0 Å². The number of hydrogen-bond acceptors (Lipinski definition) is 4. The maximum atomic E-state index is 5.62. The molecule has 0 amide bonds. The Kier molecular flexibility index (Phi) is 9.56. The smallest absolute Gasteiger partial charge is 0.191 e. The van der Waals surface area contributed by atoms with Gasteiger partial charge in [-0.15, -0.1) is 24.0 Å².